The van der Waals surface area contributed by atoms with E-state index in [9.17, 15) is 22.8 Å². The first-order chi connectivity index (χ1) is 12.2. The zero-order valence-electron chi connectivity index (χ0n) is 13.7. The third kappa shape index (κ3) is 3.42. The van der Waals surface area contributed by atoms with Crippen LogP contribution in [-0.4, -0.2) is 32.8 Å². The number of alkyl halides is 3. The molecule has 0 saturated heterocycles. The van der Waals surface area contributed by atoms with Crippen molar-refractivity contribution < 1.29 is 27.9 Å². The summed E-state index contributed by atoms with van der Waals surface area (Å²) in [4.78, 5) is 23.1. The van der Waals surface area contributed by atoms with Crippen LogP contribution in [-0.2, 0) is 11.0 Å². The number of aliphatic carboxylic acids is 1. The molecule has 1 aliphatic carbocycles. The van der Waals surface area contributed by atoms with Crippen LogP contribution < -0.4 is 5.32 Å². The number of hydrogen-bond donors (Lipinski definition) is 2. The lowest BCUT2D eigenvalue weighted by Gasteiger charge is -2.32. The molecular weight excluding hydrogens is 351 g/mol. The second kappa shape index (κ2) is 6.47. The first kappa shape index (κ1) is 18.0. The van der Waals surface area contributed by atoms with E-state index in [2.05, 4.69) is 10.4 Å². The molecule has 2 N–H and O–H groups in total. The lowest BCUT2D eigenvalue weighted by molar-refractivity contribution is -0.145. The first-order valence-corrected chi connectivity index (χ1v) is 7.92. The Morgan fingerprint density at radius 3 is 2.38 bits per heavy atom. The summed E-state index contributed by atoms with van der Waals surface area (Å²) in [5, 5.41) is 15.0. The van der Waals surface area contributed by atoms with Crippen molar-refractivity contribution in [3.63, 3.8) is 0 Å². The standard InChI is InChI=1S/C17H16F3N3O3/c1-9-2-4-12(5-3-9)23-14(17(18,19)20)13(8-21-23)15(24)22-11-6-10(7-11)16(25)26/h2-5,8,10-11H,6-7H2,1H3,(H,22,24)(H,25,26). The average Bonchev–Trinajstić information content (AvgIpc) is 2.95. The van der Waals surface area contributed by atoms with Crippen LogP contribution in [0, 0.1) is 12.8 Å². The lowest BCUT2D eigenvalue weighted by atomic mass is 9.80. The van der Waals surface area contributed by atoms with Gasteiger partial charge in [0.15, 0.2) is 5.69 Å². The Labute approximate surface area is 146 Å². The van der Waals surface area contributed by atoms with Gasteiger partial charge in [0.1, 0.15) is 0 Å². The van der Waals surface area contributed by atoms with Gasteiger partial charge < -0.3 is 10.4 Å². The largest absolute Gasteiger partial charge is 0.481 e. The van der Waals surface area contributed by atoms with Crippen LogP contribution in [0.5, 0.6) is 0 Å². The van der Waals surface area contributed by atoms with Gasteiger partial charge in [-0.2, -0.15) is 18.3 Å². The molecule has 1 aliphatic rings. The molecule has 1 aromatic carbocycles. The van der Waals surface area contributed by atoms with E-state index in [4.69, 9.17) is 5.11 Å². The molecule has 0 radical (unpaired) electrons. The third-order valence-corrected chi connectivity index (χ3v) is 4.38. The molecular formula is C17H16F3N3O3. The van der Waals surface area contributed by atoms with E-state index in [0.29, 0.717) is 4.68 Å². The maximum atomic E-state index is 13.6. The Kier molecular flexibility index (Phi) is 4.47. The van der Waals surface area contributed by atoms with Gasteiger partial charge in [0.2, 0.25) is 0 Å². The van der Waals surface area contributed by atoms with E-state index in [1.54, 1.807) is 19.1 Å². The van der Waals surface area contributed by atoms with Crippen LogP contribution in [0.1, 0.15) is 34.5 Å². The maximum Gasteiger partial charge on any atom is 0.434 e. The van der Waals surface area contributed by atoms with Gasteiger partial charge in [0, 0.05) is 6.04 Å². The SMILES string of the molecule is Cc1ccc(-n2ncc(C(=O)NC3CC(C(=O)O)C3)c2C(F)(F)F)cc1. The Hall–Kier alpha value is -2.84. The average molecular weight is 367 g/mol. The second-order valence-electron chi connectivity index (χ2n) is 6.33. The minimum absolute atomic E-state index is 0.191. The number of nitrogens with one attached hydrogen (secondary N) is 1. The maximum absolute atomic E-state index is 13.6. The number of halogens is 3. The van der Waals surface area contributed by atoms with E-state index in [-0.39, 0.29) is 18.5 Å². The van der Waals surface area contributed by atoms with E-state index in [1.807, 2.05) is 0 Å². The smallest absolute Gasteiger partial charge is 0.434 e. The van der Waals surface area contributed by atoms with Crippen molar-refractivity contribution in [2.24, 2.45) is 5.92 Å². The molecule has 9 heteroatoms. The highest BCUT2D eigenvalue weighted by molar-refractivity contribution is 5.95. The predicted octanol–water partition coefficient (Wildman–Crippen LogP) is 2.79. The number of hydrogen-bond acceptors (Lipinski definition) is 3. The van der Waals surface area contributed by atoms with Crippen molar-refractivity contribution in [2.75, 3.05) is 0 Å². The Morgan fingerprint density at radius 1 is 1.23 bits per heavy atom. The summed E-state index contributed by atoms with van der Waals surface area (Å²) in [5.74, 6) is -2.46. The monoisotopic (exact) mass is 367 g/mol. The van der Waals surface area contributed by atoms with Crippen molar-refractivity contribution in [3.05, 3.63) is 47.3 Å². The van der Waals surface area contributed by atoms with Gasteiger partial charge in [-0.15, -0.1) is 0 Å². The number of nitrogens with zero attached hydrogens (tertiary/aromatic N) is 2. The number of carboxylic acid groups (broad SMARTS) is 1. The fourth-order valence-electron chi connectivity index (χ4n) is 2.87. The molecule has 138 valence electrons. The van der Waals surface area contributed by atoms with Gasteiger partial charge in [-0.3, -0.25) is 9.59 Å². The first-order valence-electron chi connectivity index (χ1n) is 7.92. The minimum atomic E-state index is -4.78. The van der Waals surface area contributed by atoms with Gasteiger partial charge in [-0.05, 0) is 31.9 Å². The number of carbonyl (C=O) groups is 2. The molecule has 0 aliphatic heterocycles. The van der Waals surface area contributed by atoms with Crippen molar-refractivity contribution in [3.8, 4) is 5.69 Å². The summed E-state index contributed by atoms with van der Waals surface area (Å²) >= 11 is 0. The minimum Gasteiger partial charge on any atom is -0.481 e. The van der Waals surface area contributed by atoms with Crippen LogP contribution in [0.2, 0.25) is 0 Å². The summed E-state index contributed by atoms with van der Waals surface area (Å²) in [6, 6.07) is 5.83. The fraction of sp³-hybridized carbons (Fsp3) is 0.353. The van der Waals surface area contributed by atoms with E-state index < -0.39 is 41.3 Å². The summed E-state index contributed by atoms with van der Waals surface area (Å²) in [6.07, 6.45) is -3.49. The number of benzene rings is 1. The van der Waals surface area contributed by atoms with Crippen LogP contribution >= 0.6 is 0 Å². The fourth-order valence-corrected chi connectivity index (χ4v) is 2.87. The van der Waals surface area contributed by atoms with Crippen LogP contribution in [0.15, 0.2) is 30.5 Å². The van der Waals surface area contributed by atoms with Crippen LogP contribution in [0.4, 0.5) is 13.2 Å². The molecule has 26 heavy (non-hydrogen) atoms. The Morgan fingerprint density at radius 2 is 1.85 bits per heavy atom. The molecule has 0 bridgehead atoms. The highest BCUT2D eigenvalue weighted by Crippen LogP contribution is 2.34. The van der Waals surface area contributed by atoms with Gasteiger partial charge in [0.25, 0.3) is 5.91 Å². The van der Waals surface area contributed by atoms with E-state index in [1.165, 1.54) is 12.1 Å². The molecule has 1 saturated carbocycles. The number of rotatable bonds is 4. The molecule has 0 unspecified atom stereocenters. The molecule has 3 rings (SSSR count). The van der Waals surface area contributed by atoms with Gasteiger partial charge in [-0.1, -0.05) is 17.7 Å². The van der Waals surface area contributed by atoms with Crippen LogP contribution in [0.25, 0.3) is 5.69 Å². The Bertz CT molecular complexity index is 837. The molecule has 1 fully saturated rings. The second-order valence-corrected chi connectivity index (χ2v) is 6.33. The number of carboxylic acids is 1. The summed E-state index contributed by atoms with van der Waals surface area (Å²) in [6.45, 7) is 1.80. The highest BCUT2D eigenvalue weighted by Gasteiger charge is 2.42. The molecule has 1 heterocycles. The summed E-state index contributed by atoms with van der Waals surface area (Å²) in [5.41, 5.74) is -0.674. The van der Waals surface area contributed by atoms with Crippen molar-refractivity contribution in [2.45, 2.75) is 32.0 Å². The lowest BCUT2D eigenvalue weighted by Crippen LogP contribution is -2.47. The number of amides is 1. The van der Waals surface area contributed by atoms with E-state index in [0.717, 1.165) is 11.8 Å². The topological polar surface area (TPSA) is 84.2 Å². The predicted molar refractivity (Wildman–Crippen MR) is 84.9 cm³/mol. The number of aromatic nitrogens is 2. The Balaban J connectivity index is 1.87. The number of aryl methyl sites for hydroxylation is 1. The van der Waals surface area contributed by atoms with E-state index >= 15 is 0 Å². The van der Waals surface area contributed by atoms with Gasteiger partial charge in [0.05, 0.1) is 23.4 Å². The molecule has 0 spiro atoms. The van der Waals surface area contributed by atoms with Crippen molar-refractivity contribution in [1.29, 1.82) is 0 Å². The quantitative estimate of drug-likeness (QED) is 0.870. The molecule has 1 amide bonds. The van der Waals surface area contributed by atoms with Crippen LogP contribution in [0.3, 0.4) is 0 Å². The summed E-state index contributed by atoms with van der Waals surface area (Å²) < 4.78 is 41.3. The number of carbonyl (C=O) groups excluding carboxylic acids is 1. The van der Waals surface area contributed by atoms with Crippen molar-refractivity contribution in [1.82, 2.24) is 15.1 Å². The molecule has 1 aromatic heterocycles. The van der Waals surface area contributed by atoms with Crippen molar-refractivity contribution >= 4 is 11.9 Å². The molecule has 6 nitrogen and oxygen atoms in total. The normalized spacial score (nSPS) is 19.7. The zero-order chi connectivity index (χ0) is 19.1. The third-order valence-electron chi connectivity index (χ3n) is 4.38. The van der Waals surface area contributed by atoms with Gasteiger partial charge in [-0.25, -0.2) is 4.68 Å². The molecule has 2 aromatic rings. The zero-order valence-corrected chi connectivity index (χ0v) is 13.7. The highest BCUT2D eigenvalue weighted by atomic mass is 19.4. The summed E-state index contributed by atoms with van der Waals surface area (Å²) in [7, 11) is 0. The molecule has 0 atom stereocenters. The van der Waals surface area contributed by atoms with Gasteiger partial charge >= 0.3 is 12.1 Å².